The maximum Gasteiger partial charge on any atom is 0.255 e. The number of benzene rings is 3. The van der Waals surface area contributed by atoms with Gasteiger partial charge in [0, 0.05) is 53.4 Å². The van der Waals surface area contributed by atoms with Crippen LogP contribution in [0.3, 0.4) is 0 Å². The first-order valence-corrected chi connectivity index (χ1v) is 11.4. The van der Waals surface area contributed by atoms with Crippen molar-refractivity contribution in [3.8, 4) is 0 Å². The van der Waals surface area contributed by atoms with Gasteiger partial charge < -0.3 is 20.3 Å². The largest absolute Gasteiger partial charge is 0.385 e. The summed E-state index contributed by atoms with van der Waals surface area (Å²) in [6.07, 6.45) is 1.04. The molecule has 0 saturated carbocycles. The van der Waals surface area contributed by atoms with Crippen LogP contribution in [-0.2, 0) is 4.74 Å². The van der Waals surface area contributed by atoms with Gasteiger partial charge in [-0.2, -0.15) is 0 Å². The fourth-order valence-electron chi connectivity index (χ4n) is 3.73. The van der Waals surface area contributed by atoms with Crippen LogP contribution >= 0.6 is 0 Å². The molecular formula is C27H29N3O3. The topological polar surface area (TPSA) is 70.7 Å². The monoisotopic (exact) mass is 443 g/mol. The molecule has 0 bridgehead atoms. The summed E-state index contributed by atoms with van der Waals surface area (Å²) in [6, 6.07) is 22.1. The number of amides is 1. The number of ketones is 1. The molecule has 0 atom stereocenters. The fraction of sp³-hybridized carbons (Fsp3) is 0.259. The van der Waals surface area contributed by atoms with Crippen LogP contribution in [0, 0.1) is 0 Å². The van der Waals surface area contributed by atoms with E-state index in [1.165, 1.54) is 0 Å². The van der Waals surface area contributed by atoms with E-state index in [-0.39, 0.29) is 11.7 Å². The maximum atomic E-state index is 12.8. The second-order valence-corrected chi connectivity index (χ2v) is 8.01. The molecule has 4 rings (SSSR count). The van der Waals surface area contributed by atoms with E-state index in [1.54, 1.807) is 24.3 Å². The molecule has 1 aliphatic heterocycles. The first-order chi connectivity index (χ1) is 16.1. The van der Waals surface area contributed by atoms with Crippen LogP contribution in [0.4, 0.5) is 17.1 Å². The Labute approximate surface area is 194 Å². The average molecular weight is 444 g/mol. The van der Waals surface area contributed by atoms with Crippen LogP contribution in [0.2, 0.25) is 0 Å². The summed E-state index contributed by atoms with van der Waals surface area (Å²) in [5.74, 6) is -0.230. The predicted molar refractivity (Wildman–Crippen MR) is 133 cm³/mol. The summed E-state index contributed by atoms with van der Waals surface area (Å²) in [4.78, 5) is 27.6. The molecule has 1 heterocycles. The Balaban J connectivity index is 1.35. The molecule has 33 heavy (non-hydrogen) atoms. The van der Waals surface area contributed by atoms with Crippen molar-refractivity contribution >= 4 is 28.8 Å². The predicted octanol–water partition coefficient (Wildman–Crippen LogP) is 4.83. The Morgan fingerprint density at radius 1 is 0.788 bits per heavy atom. The smallest absolute Gasteiger partial charge is 0.255 e. The second kappa shape index (κ2) is 10.8. The van der Waals surface area contributed by atoms with Crippen molar-refractivity contribution < 1.29 is 14.3 Å². The van der Waals surface area contributed by atoms with Crippen LogP contribution in [0.1, 0.15) is 39.6 Å². The zero-order valence-electron chi connectivity index (χ0n) is 18.8. The van der Waals surface area contributed by atoms with Crippen molar-refractivity contribution in [1.82, 2.24) is 0 Å². The molecule has 0 aromatic heterocycles. The molecule has 1 aliphatic rings. The number of anilines is 3. The van der Waals surface area contributed by atoms with Crippen molar-refractivity contribution in [3.05, 3.63) is 89.5 Å². The van der Waals surface area contributed by atoms with Crippen LogP contribution in [0.5, 0.6) is 0 Å². The standard InChI is InChI=1S/C27H29N3O3/c1-2-15-28-23-9-3-20(4-10-23)26(31)21-5-11-24(12-6-21)29-27(32)22-7-13-25(14-8-22)30-16-18-33-19-17-30/h3-14,28H,2,15-19H2,1H3,(H,29,32). The highest BCUT2D eigenvalue weighted by molar-refractivity contribution is 6.09. The molecule has 0 aliphatic carbocycles. The van der Waals surface area contributed by atoms with Crippen molar-refractivity contribution in [3.63, 3.8) is 0 Å². The third-order valence-corrected chi connectivity index (χ3v) is 5.64. The summed E-state index contributed by atoms with van der Waals surface area (Å²) in [5, 5.41) is 6.20. The molecule has 6 nitrogen and oxygen atoms in total. The minimum atomic E-state index is -0.183. The molecule has 1 amide bonds. The van der Waals surface area contributed by atoms with Crippen molar-refractivity contribution in [1.29, 1.82) is 0 Å². The van der Waals surface area contributed by atoms with E-state index in [0.29, 0.717) is 22.4 Å². The molecule has 0 spiro atoms. The molecule has 1 saturated heterocycles. The Hall–Kier alpha value is -3.64. The fourth-order valence-corrected chi connectivity index (χ4v) is 3.73. The minimum Gasteiger partial charge on any atom is -0.385 e. The zero-order chi connectivity index (χ0) is 23.0. The Morgan fingerprint density at radius 2 is 1.33 bits per heavy atom. The normalized spacial score (nSPS) is 13.4. The highest BCUT2D eigenvalue weighted by Crippen LogP contribution is 2.19. The second-order valence-electron chi connectivity index (χ2n) is 8.01. The van der Waals surface area contributed by atoms with E-state index in [0.717, 1.165) is 50.6 Å². The average Bonchev–Trinajstić information content (AvgIpc) is 2.88. The Kier molecular flexibility index (Phi) is 7.37. The van der Waals surface area contributed by atoms with Gasteiger partial charge in [-0.1, -0.05) is 6.92 Å². The van der Waals surface area contributed by atoms with E-state index in [2.05, 4.69) is 22.5 Å². The minimum absolute atomic E-state index is 0.0476. The van der Waals surface area contributed by atoms with Gasteiger partial charge in [-0.25, -0.2) is 0 Å². The lowest BCUT2D eigenvalue weighted by Gasteiger charge is -2.28. The number of ether oxygens (including phenoxy) is 1. The van der Waals surface area contributed by atoms with E-state index >= 15 is 0 Å². The number of morpholine rings is 1. The summed E-state index contributed by atoms with van der Waals surface area (Å²) in [7, 11) is 0. The van der Waals surface area contributed by atoms with Gasteiger partial charge in [0.1, 0.15) is 0 Å². The third kappa shape index (κ3) is 5.79. The lowest BCUT2D eigenvalue weighted by atomic mass is 10.0. The summed E-state index contributed by atoms with van der Waals surface area (Å²) >= 11 is 0. The van der Waals surface area contributed by atoms with Gasteiger partial charge in [0.25, 0.3) is 5.91 Å². The first kappa shape index (κ1) is 22.6. The highest BCUT2D eigenvalue weighted by Gasteiger charge is 2.13. The highest BCUT2D eigenvalue weighted by atomic mass is 16.5. The molecule has 170 valence electrons. The Bertz CT molecular complexity index is 1070. The molecule has 0 radical (unpaired) electrons. The molecule has 1 fully saturated rings. The van der Waals surface area contributed by atoms with E-state index < -0.39 is 0 Å². The number of carbonyl (C=O) groups is 2. The summed E-state index contributed by atoms with van der Waals surface area (Å²) in [6.45, 7) is 6.18. The van der Waals surface area contributed by atoms with Crippen LogP contribution in [-0.4, -0.2) is 44.5 Å². The van der Waals surface area contributed by atoms with E-state index in [4.69, 9.17) is 4.74 Å². The van der Waals surface area contributed by atoms with E-state index in [1.807, 2.05) is 48.5 Å². The summed E-state index contributed by atoms with van der Waals surface area (Å²) < 4.78 is 5.39. The molecule has 2 N–H and O–H groups in total. The maximum absolute atomic E-state index is 12.8. The SMILES string of the molecule is CCCNc1ccc(C(=O)c2ccc(NC(=O)c3ccc(N4CCOCC4)cc3)cc2)cc1. The van der Waals surface area contributed by atoms with Crippen molar-refractivity contribution in [2.75, 3.05) is 48.4 Å². The number of hydrogen-bond acceptors (Lipinski definition) is 5. The number of rotatable bonds is 8. The van der Waals surface area contributed by atoms with Crippen LogP contribution in [0.25, 0.3) is 0 Å². The van der Waals surface area contributed by atoms with Crippen LogP contribution in [0.15, 0.2) is 72.8 Å². The molecule has 3 aromatic rings. The van der Waals surface area contributed by atoms with Gasteiger partial charge in [0.15, 0.2) is 5.78 Å². The quantitative estimate of drug-likeness (QED) is 0.488. The molecule has 3 aromatic carbocycles. The van der Waals surface area contributed by atoms with Crippen molar-refractivity contribution in [2.24, 2.45) is 0 Å². The number of nitrogens with zero attached hydrogens (tertiary/aromatic N) is 1. The molecular weight excluding hydrogens is 414 g/mol. The first-order valence-electron chi connectivity index (χ1n) is 11.4. The van der Waals surface area contributed by atoms with E-state index in [9.17, 15) is 9.59 Å². The van der Waals surface area contributed by atoms with Gasteiger partial charge in [0.2, 0.25) is 0 Å². The number of nitrogens with one attached hydrogen (secondary N) is 2. The van der Waals surface area contributed by atoms with Gasteiger partial charge in [-0.05, 0) is 79.2 Å². The van der Waals surface area contributed by atoms with Gasteiger partial charge >= 0.3 is 0 Å². The molecule has 0 unspecified atom stereocenters. The van der Waals surface area contributed by atoms with Crippen molar-refractivity contribution in [2.45, 2.75) is 13.3 Å². The van der Waals surface area contributed by atoms with Gasteiger partial charge in [-0.3, -0.25) is 9.59 Å². The van der Waals surface area contributed by atoms with Gasteiger partial charge in [0.05, 0.1) is 13.2 Å². The number of hydrogen-bond donors (Lipinski definition) is 2. The van der Waals surface area contributed by atoms with Gasteiger partial charge in [-0.15, -0.1) is 0 Å². The summed E-state index contributed by atoms with van der Waals surface area (Å²) in [5.41, 5.74) is 4.54. The lowest BCUT2D eigenvalue weighted by molar-refractivity contribution is 0.102. The third-order valence-electron chi connectivity index (χ3n) is 5.64. The zero-order valence-corrected chi connectivity index (χ0v) is 18.8. The molecule has 6 heteroatoms. The number of carbonyl (C=O) groups excluding carboxylic acids is 2. The Morgan fingerprint density at radius 3 is 1.91 bits per heavy atom. The lowest BCUT2D eigenvalue weighted by Crippen LogP contribution is -2.36. The van der Waals surface area contributed by atoms with Crippen LogP contribution < -0.4 is 15.5 Å².